The van der Waals surface area contributed by atoms with Gasteiger partial charge in [0.25, 0.3) is 9.05 Å². The number of rotatable bonds is 2. The van der Waals surface area contributed by atoms with Crippen molar-refractivity contribution >= 4 is 25.7 Å². The molecule has 0 saturated carbocycles. The molecule has 1 rings (SSSR count). The van der Waals surface area contributed by atoms with Crippen molar-refractivity contribution in [3.8, 4) is 0 Å². The summed E-state index contributed by atoms with van der Waals surface area (Å²) in [5.74, 6) is -0.600. The highest BCUT2D eigenvalue weighted by molar-refractivity contribution is 8.13. The number of halogens is 1. The van der Waals surface area contributed by atoms with Crippen LogP contribution in [0.25, 0.3) is 0 Å². The Morgan fingerprint density at radius 2 is 2.00 bits per heavy atom. The van der Waals surface area contributed by atoms with Crippen LogP contribution >= 0.6 is 10.7 Å². The number of ether oxygens (including phenoxy) is 1. The van der Waals surface area contributed by atoms with E-state index in [1.54, 1.807) is 6.92 Å². The van der Waals surface area contributed by atoms with Crippen molar-refractivity contribution in [1.29, 1.82) is 0 Å². The number of hydrogen-bond acceptors (Lipinski definition) is 4. The van der Waals surface area contributed by atoms with Gasteiger partial charge in [-0.05, 0) is 24.6 Å². The van der Waals surface area contributed by atoms with E-state index in [2.05, 4.69) is 4.74 Å². The Bertz CT molecular complexity index is 493. The number of methoxy groups -OCH3 is 1. The van der Waals surface area contributed by atoms with Crippen molar-refractivity contribution in [2.75, 3.05) is 7.11 Å². The van der Waals surface area contributed by atoms with E-state index in [-0.39, 0.29) is 10.5 Å². The van der Waals surface area contributed by atoms with Gasteiger partial charge >= 0.3 is 5.97 Å². The molecule has 0 saturated heterocycles. The predicted octanol–water partition coefficient (Wildman–Crippen LogP) is 1.71. The summed E-state index contributed by atoms with van der Waals surface area (Å²) >= 11 is 0. The van der Waals surface area contributed by atoms with Crippen LogP contribution in [0, 0.1) is 6.92 Å². The predicted molar refractivity (Wildman–Crippen MR) is 55.6 cm³/mol. The van der Waals surface area contributed by atoms with Crippen LogP contribution in [0.1, 0.15) is 15.9 Å². The first-order valence-corrected chi connectivity index (χ1v) is 6.31. The Kier molecular flexibility index (Phi) is 3.36. The molecule has 0 amide bonds. The highest BCUT2D eigenvalue weighted by Gasteiger charge is 2.16. The molecular weight excluding hydrogens is 240 g/mol. The molecule has 0 radical (unpaired) electrons. The van der Waals surface area contributed by atoms with Gasteiger partial charge in [0.2, 0.25) is 0 Å². The number of aryl methyl sites for hydroxylation is 1. The molecule has 0 aliphatic rings. The topological polar surface area (TPSA) is 60.4 Å². The van der Waals surface area contributed by atoms with Crippen LogP contribution in [0.2, 0.25) is 0 Å². The van der Waals surface area contributed by atoms with Gasteiger partial charge in [-0.15, -0.1) is 0 Å². The van der Waals surface area contributed by atoms with Crippen molar-refractivity contribution in [3.05, 3.63) is 29.3 Å². The van der Waals surface area contributed by atoms with Crippen molar-refractivity contribution in [1.82, 2.24) is 0 Å². The van der Waals surface area contributed by atoms with Crippen LogP contribution < -0.4 is 0 Å². The molecule has 6 heteroatoms. The van der Waals surface area contributed by atoms with E-state index in [4.69, 9.17) is 10.7 Å². The van der Waals surface area contributed by atoms with Crippen LogP contribution in [0.4, 0.5) is 0 Å². The fraction of sp³-hybridized carbons (Fsp3) is 0.222. The Labute approximate surface area is 92.2 Å². The largest absolute Gasteiger partial charge is 0.465 e. The summed E-state index contributed by atoms with van der Waals surface area (Å²) in [4.78, 5) is 11.1. The van der Waals surface area contributed by atoms with E-state index in [0.717, 1.165) is 0 Å². The van der Waals surface area contributed by atoms with Gasteiger partial charge in [-0.25, -0.2) is 13.2 Å². The third kappa shape index (κ3) is 2.70. The lowest BCUT2D eigenvalue weighted by molar-refractivity contribution is 0.0600. The second-order valence-electron chi connectivity index (χ2n) is 2.91. The standard InChI is InChI=1S/C9H9ClO4S/c1-6-3-4-7(9(11)14-2)5-8(6)15(10,12)13/h3-5H,1-2H3. The van der Waals surface area contributed by atoms with Crippen LogP contribution in [0.15, 0.2) is 23.1 Å². The highest BCUT2D eigenvalue weighted by Crippen LogP contribution is 2.21. The molecule has 15 heavy (non-hydrogen) atoms. The molecule has 0 aliphatic heterocycles. The van der Waals surface area contributed by atoms with E-state index in [0.29, 0.717) is 5.56 Å². The third-order valence-corrected chi connectivity index (χ3v) is 3.34. The fourth-order valence-electron chi connectivity index (χ4n) is 1.11. The molecular formula is C9H9ClO4S. The Hall–Kier alpha value is -1.07. The summed E-state index contributed by atoms with van der Waals surface area (Å²) in [6, 6.07) is 4.18. The van der Waals surface area contributed by atoms with Crippen molar-refractivity contribution in [2.24, 2.45) is 0 Å². The van der Waals surface area contributed by atoms with Crippen LogP contribution in [-0.2, 0) is 13.8 Å². The highest BCUT2D eigenvalue weighted by atomic mass is 35.7. The Balaban J connectivity index is 3.36. The molecule has 0 heterocycles. The second kappa shape index (κ2) is 4.20. The van der Waals surface area contributed by atoms with E-state index in [1.165, 1.54) is 25.3 Å². The van der Waals surface area contributed by atoms with Crippen molar-refractivity contribution in [3.63, 3.8) is 0 Å². The summed E-state index contributed by atoms with van der Waals surface area (Å²) < 4.78 is 26.7. The number of carbonyl (C=O) groups is 1. The summed E-state index contributed by atoms with van der Waals surface area (Å²) in [6.07, 6.45) is 0. The molecule has 0 aromatic heterocycles. The molecule has 82 valence electrons. The lowest BCUT2D eigenvalue weighted by atomic mass is 10.1. The second-order valence-corrected chi connectivity index (χ2v) is 5.44. The number of hydrogen-bond donors (Lipinski definition) is 0. The van der Waals surface area contributed by atoms with Crippen LogP contribution in [-0.4, -0.2) is 21.5 Å². The molecule has 0 bridgehead atoms. The molecule has 0 aliphatic carbocycles. The summed E-state index contributed by atoms with van der Waals surface area (Å²) in [7, 11) is 2.59. The molecule has 0 unspecified atom stereocenters. The summed E-state index contributed by atoms with van der Waals surface area (Å²) in [6.45, 7) is 1.59. The van der Waals surface area contributed by atoms with E-state index >= 15 is 0 Å². The number of esters is 1. The first-order valence-electron chi connectivity index (χ1n) is 4.00. The average molecular weight is 249 g/mol. The van der Waals surface area contributed by atoms with Crippen LogP contribution in [0.3, 0.4) is 0 Å². The average Bonchev–Trinajstić information content (AvgIpc) is 2.15. The maximum atomic E-state index is 11.1. The maximum absolute atomic E-state index is 11.1. The van der Waals surface area contributed by atoms with Crippen molar-refractivity contribution in [2.45, 2.75) is 11.8 Å². The van der Waals surface area contributed by atoms with Crippen molar-refractivity contribution < 1.29 is 17.9 Å². The van der Waals surface area contributed by atoms with Gasteiger partial charge in [-0.2, -0.15) is 0 Å². The zero-order valence-corrected chi connectivity index (χ0v) is 9.72. The van der Waals surface area contributed by atoms with Gasteiger partial charge in [-0.1, -0.05) is 6.07 Å². The fourth-order valence-corrected chi connectivity index (χ4v) is 2.33. The molecule has 1 aromatic rings. The van der Waals surface area contributed by atoms with E-state index in [9.17, 15) is 13.2 Å². The zero-order valence-electron chi connectivity index (χ0n) is 8.15. The van der Waals surface area contributed by atoms with Gasteiger partial charge in [-0.3, -0.25) is 0 Å². The van der Waals surface area contributed by atoms with Gasteiger partial charge in [0.15, 0.2) is 0 Å². The van der Waals surface area contributed by atoms with Gasteiger partial charge in [0.1, 0.15) is 0 Å². The minimum absolute atomic E-state index is 0.0768. The van der Waals surface area contributed by atoms with Gasteiger partial charge < -0.3 is 4.74 Å². The smallest absolute Gasteiger partial charge is 0.337 e. The monoisotopic (exact) mass is 248 g/mol. The number of benzene rings is 1. The molecule has 4 nitrogen and oxygen atoms in total. The Morgan fingerprint density at radius 1 is 1.40 bits per heavy atom. The SMILES string of the molecule is COC(=O)c1ccc(C)c(S(=O)(=O)Cl)c1. The molecule has 0 N–H and O–H groups in total. The molecule has 0 atom stereocenters. The summed E-state index contributed by atoms with van der Waals surface area (Å²) in [5, 5.41) is 0. The Morgan fingerprint density at radius 3 is 2.47 bits per heavy atom. The van der Waals surface area contributed by atoms with E-state index < -0.39 is 15.0 Å². The normalized spacial score (nSPS) is 11.1. The van der Waals surface area contributed by atoms with E-state index in [1.807, 2.05) is 0 Å². The van der Waals surface area contributed by atoms with Gasteiger partial charge in [0, 0.05) is 10.7 Å². The lowest BCUT2D eigenvalue weighted by Gasteiger charge is -2.04. The maximum Gasteiger partial charge on any atom is 0.337 e. The summed E-state index contributed by atoms with van der Waals surface area (Å²) in [5.41, 5.74) is 0.639. The number of carbonyl (C=O) groups excluding carboxylic acids is 1. The minimum atomic E-state index is -3.83. The molecule has 0 spiro atoms. The molecule has 0 fully saturated rings. The zero-order chi connectivity index (χ0) is 11.6. The quantitative estimate of drug-likeness (QED) is 0.591. The molecule has 1 aromatic carbocycles. The first kappa shape index (κ1) is 12.0. The first-order chi connectivity index (χ1) is 6.86. The lowest BCUT2D eigenvalue weighted by Crippen LogP contribution is -2.04. The van der Waals surface area contributed by atoms with Gasteiger partial charge in [0.05, 0.1) is 17.6 Å². The minimum Gasteiger partial charge on any atom is -0.465 e. The third-order valence-electron chi connectivity index (χ3n) is 1.87. The van der Waals surface area contributed by atoms with Crippen LogP contribution in [0.5, 0.6) is 0 Å².